The smallest absolute Gasteiger partial charge is 0.303 e. The summed E-state index contributed by atoms with van der Waals surface area (Å²) in [4.78, 5) is 11.4. The first kappa shape index (κ1) is 12.0. The molecule has 0 spiro atoms. The maximum absolute atomic E-state index is 11.4. The summed E-state index contributed by atoms with van der Waals surface area (Å²) < 4.78 is 5.56. The van der Waals surface area contributed by atoms with Crippen molar-refractivity contribution in [1.82, 2.24) is 0 Å². The van der Waals surface area contributed by atoms with Crippen LogP contribution in [0.1, 0.15) is 24.2 Å². The first-order chi connectivity index (χ1) is 10.7. The number of ether oxygens (including phenoxy) is 1. The highest BCUT2D eigenvalue weighted by Crippen LogP contribution is 2.45. The second-order valence-corrected chi connectivity index (χ2v) is 6.11. The minimum Gasteiger partial charge on any atom is -0.457 e. The standard InChI is InChI=1S/C20H14O2/c1-11(21)22-17-10-15-8-7-13-6-5-12-3-2-4-14-9-16(17)19(15)20(13)18(12)14/h2-9,17H,10H2,1H3. The van der Waals surface area contributed by atoms with E-state index in [9.17, 15) is 4.79 Å². The van der Waals surface area contributed by atoms with Crippen LogP contribution in [0.2, 0.25) is 0 Å². The van der Waals surface area contributed by atoms with Crippen molar-refractivity contribution in [2.45, 2.75) is 19.4 Å². The molecule has 2 nitrogen and oxygen atoms in total. The maximum atomic E-state index is 11.4. The van der Waals surface area contributed by atoms with Crippen molar-refractivity contribution in [3.63, 3.8) is 0 Å². The summed E-state index contributed by atoms with van der Waals surface area (Å²) in [7, 11) is 0. The largest absolute Gasteiger partial charge is 0.457 e. The Morgan fingerprint density at radius 3 is 2.50 bits per heavy atom. The fraction of sp³-hybridized carbons (Fsp3) is 0.150. The summed E-state index contributed by atoms with van der Waals surface area (Å²) in [6, 6.07) is 17.3. The molecule has 0 radical (unpaired) electrons. The predicted octanol–water partition coefficient (Wildman–Crippen LogP) is 4.74. The van der Waals surface area contributed by atoms with Crippen LogP contribution in [0.4, 0.5) is 0 Å². The Bertz CT molecular complexity index is 1060. The summed E-state index contributed by atoms with van der Waals surface area (Å²) in [5.74, 6) is -0.216. The van der Waals surface area contributed by atoms with Gasteiger partial charge in [-0.1, -0.05) is 42.5 Å². The maximum Gasteiger partial charge on any atom is 0.303 e. The first-order valence-corrected chi connectivity index (χ1v) is 7.59. The van der Waals surface area contributed by atoms with Crippen LogP contribution in [0.3, 0.4) is 0 Å². The van der Waals surface area contributed by atoms with E-state index in [-0.39, 0.29) is 12.1 Å². The van der Waals surface area contributed by atoms with Gasteiger partial charge in [-0.2, -0.15) is 0 Å². The molecule has 2 heteroatoms. The van der Waals surface area contributed by atoms with Crippen LogP contribution in [0, 0.1) is 0 Å². The summed E-state index contributed by atoms with van der Waals surface area (Å²) in [6.07, 6.45) is 0.628. The summed E-state index contributed by atoms with van der Waals surface area (Å²) >= 11 is 0. The highest BCUT2D eigenvalue weighted by atomic mass is 16.5. The van der Waals surface area contributed by atoms with E-state index < -0.39 is 0 Å². The topological polar surface area (TPSA) is 26.3 Å². The molecule has 0 saturated heterocycles. The van der Waals surface area contributed by atoms with Gasteiger partial charge < -0.3 is 4.74 Å². The van der Waals surface area contributed by atoms with Gasteiger partial charge in [0.1, 0.15) is 6.10 Å². The summed E-state index contributed by atoms with van der Waals surface area (Å²) in [6.45, 7) is 1.48. The van der Waals surface area contributed by atoms with E-state index >= 15 is 0 Å². The van der Waals surface area contributed by atoms with Gasteiger partial charge in [0.15, 0.2) is 0 Å². The Hall–Kier alpha value is -2.61. The molecule has 1 unspecified atom stereocenters. The average molecular weight is 286 g/mol. The zero-order valence-electron chi connectivity index (χ0n) is 12.2. The number of rotatable bonds is 1. The molecule has 1 atom stereocenters. The van der Waals surface area contributed by atoms with Crippen LogP contribution in [0.5, 0.6) is 0 Å². The lowest BCUT2D eigenvalue weighted by Gasteiger charge is -2.15. The second-order valence-electron chi connectivity index (χ2n) is 6.11. The molecule has 0 aromatic heterocycles. The van der Waals surface area contributed by atoms with Crippen molar-refractivity contribution in [3.8, 4) is 0 Å². The lowest BCUT2D eigenvalue weighted by Crippen LogP contribution is -2.07. The highest BCUT2D eigenvalue weighted by Gasteiger charge is 2.28. The van der Waals surface area contributed by atoms with Crippen molar-refractivity contribution in [2.75, 3.05) is 0 Å². The molecule has 0 saturated carbocycles. The lowest BCUT2D eigenvalue weighted by molar-refractivity contribution is -0.146. The fourth-order valence-corrected chi connectivity index (χ4v) is 3.99. The zero-order valence-corrected chi connectivity index (χ0v) is 12.2. The highest BCUT2D eigenvalue weighted by molar-refractivity contribution is 6.24. The van der Waals surface area contributed by atoms with Gasteiger partial charge >= 0.3 is 5.97 Å². The Balaban J connectivity index is 1.98. The normalized spacial score (nSPS) is 16.9. The number of hydrogen-bond donors (Lipinski definition) is 0. The molecule has 0 N–H and O–H groups in total. The molecule has 22 heavy (non-hydrogen) atoms. The van der Waals surface area contributed by atoms with Crippen LogP contribution in [0.25, 0.3) is 32.3 Å². The van der Waals surface area contributed by atoms with E-state index in [0.29, 0.717) is 0 Å². The third-order valence-electron chi connectivity index (χ3n) is 4.81. The molecular formula is C20H14O2. The Labute approximate surface area is 127 Å². The van der Waals surface area contributed by atoms with Crippen molar-refractivity contribution in [1.29, 1.82) is 0 Å². The van der Waals surface area contributed by atoms with Gasteiger partial charge in [-0.05, 0) is 43.9 Å². The van der Waals surface area contributed by atoms with E-state index in [0.717, 1.165) is 12.0 Å². The number of esters is 1. The predicted molar refractivity (Wildman–Crippen MR) is 88.4 cm³/mol. The number of benzene rings is 4. The number of hydrogen-bond acceptors (Lipinski definition) is 2. The van der Waals surface area contributed by atoms with Crippen LogP contribution in [0.15, 0.2) is 48.5 Å². The van der Waals surface area contributed by atoms with E-state index in [4.69, 9.17) is 4.74 Å². The van der Waals surface area contributed by atoms with E-state index in [1.54, 1.807) is 0 Å². The van der Waals surface area contributed by atoms with E-state index in [1.807, 2.05) is 0 Å². The Kier molecular flexibility index (Phi) is 2.17. The molecule has 4 aromatic carbocycles. The van der Waals surface area contributed by atoms with Gasteiger partial charge in [0, 0.05) is 18.9 Å². The molecule has 0 amide bonds. The van der Waals surface area contributed by atoms with Crippen molar-refractivity contribution < 1.29 is 9.53 Å². The van der Waals surface area contributed by atoms with Gasteiger partial charge in [-0.3, -0.25) is 4.79 Å². The molecule has 5 rings (SSSR count). The SMILES string of the molecule is CC(=O)OC1Cc2ccc3ccc4cccc5cc1c2c3c45. The molecule has 1 aliphatic rings. The van der Waals surface area contributed by atoms with Crippen molar-refractivity contribution in [3.05, 3.63) is 59.7 Å². The molecule has 1 aliphatic carbocycles. The molecule has 4 aromatic rings. The van der Waals surface area contributed by atoms with E-state index in [2.05, 4.69) is 48.5 Å². The zero-order chi connectivity index (χ0) is 14.8. The van der Waals surface area contributed by atoms with Gasteiger partial charge in [0.05, 0.1) is 0 Å². The van der Waals surface area contributed by atoms with Gasteiger partial charge in [-0.25, -0.2) is 0 Å². The molecule has 0 aliphatic heterocycles. The molecule has 106 valence electrons. The van der Waals surface area contributed by atoms with Crippen molar-refractivity contribution >= 4 is 38.3 Å². The molecule has 0 bridgehead atoms. The summed E-state index contributed by atoms with van der Waals surface area (Å²) in [5.41, 5.74) is 2.44. The average Bonchev–Trinajstić information content (AvgIpc) is 2.85. The Morgan fingerprint density at radius 1 is 0.955 bits per heavy atom. The summed E-state index contributed by atoms with van der Waals surface area (Å²) in [5, 5.41) is 7.68. The third-order valence-corrected chi connectivity index (χ3v) is 4.81. The van der Waals surface area contributed by atoms with Gasteiger partial charge in [0.25, 0.3) is 0 Å². The molecule has 0 fully saturated rings. The molecular weight excluding hydrogens is 272 g/mol. The minimum absolute atomic E-state index is 0.151. The van der Waals surface area contributed by atoms with Gasteiger partial charge in [0.2, 0.25) is 0 Å². The van der Waals surface area contributed by atoms with Crippen LogP contribution < -0.4 is 0 Å². The lowest BCUT2D eigenvalue weighted by atomic mass is 9.91. The number of carbonyl (C=O) groups excluding carboxylic acids is 1. The first-order valence-electron chi connectivity index (χ1n) is 7.59. The minimum atomic E-state index is -0.216. The molecule has 0 heterocycles. The number of carbonyl (C=O) groups is 1. The Morgan fingerprint density at radius 2 is 1.68 bits per heavy atom. The van der Waals surface area contributed by atoms with Gasteiger partial charge in [-0.15, -0.1) is 0 Å². The van der Waals surface area contributed by atoms with Crippen LogP contribution in [-0.4, -0.2) is 5.97 Å². The van der Waals surface area contributed by atoms with Crippen LogP contribution >= 0.6 is 0 Å². The van der Waals surface area contributed by atoms with Crippen molar-refractivity contribution in [2.24, 2.45) is 0 Å². The monoisotopic (exact) mass is 286 g/mol. The quantitative estimate of drug-likeness (QED) is 0.373. The third kappa shape index (κ3) is 1.42. The fourth-order valence-electron chi connectivity index (χ4n) is 3.99. The van der Waals surface area contributed by atoms with E-state index in [1.165, 1.54) is 44.8 Å². The van der Waals surface area contributed by atoms with Crippen LogP contribution in [-0.2, 0) is 16.0 Å². The second kappa shape index (κ2) is 3.98.